The number of carbonyl (C=O) groups excluding carboxylic acids is 2. The van der Waals surface area contributed by atoms with Crippen molar-refractivity contribution < 1.29 is 24.2 Å². The van der Waals surface area contributed by atoms with Crippen LogP contribution in [0.1, 0.15) is 35.3 Å². The van der Waals surface area contributed by atoms with Gasteiger partial charge in [0.1, 0.15) is 23.4 Å². The molecule has 0 saturated carbocycles. The molecule has 4 aromatic carbocycles. The fraction of sp³-hybridized carbons (Fsp3) is 0.297. The summed E-state index contributed by atoms with van der Waals surface area (Å²) in [4.78, 5) is 30.4. The third-order valence-corrected chi connectivity index (χ3v) is 8.00. The monoisotopic (exact) mass is 607 g/mol. The number of nitrogens with one attached hydrogen (secondary N) is 1. The Morgan fingerprint density at radius 1 is 0.978 bits per heavy atom. The Balaban J connectivity index is 1.29. The van der Waals surface area contributed by atoms with Crippen molar-refractivity contribution >= 4 is 17.5 Å². The van der Waals surface area contributed by atoms with E-state index >= 15 is 0 Å². The minimum Gasteiger partial charge on any atom is -0.488 e. The lowest BCUT2D eigenvalue weighted by atomic mass is 9.99. The zero-order valence-electron chi connectivity index (χ0n) is 26.1. The van der Waals surface area contributed by atoms with E-state index in [2.05, 4.69) is 36.3 Å². The fourth-order valence-electron chi connectivity index (χ4n) is 5.48. The normalized spacial score (nSPS) is 17.1. The lowest BCUT2D eigenvalue weighted by Crippen LogP contribution is -2.49. The van der Waals surface area contributed by atoms with Crippen LogP contribution in [0.4, 0.5) is 5.69 Å². The highest BCUT2D eigenvalue weighted by molar-refractivity contribution is 6.00. The zero-order chi connectivity index (χ0) is 31.8. The van der Waals surface area contributed by atoms with E-state index in [9.17, 15) is 14.7 Å². The van der Waals surface area contributed by atoms with Gasteiger partial charge in [0, 0.05) is 31.2 Å². The molecular weight excluding hydrogens is 566 g/mol. The van der Waals surface area contributed by atoms with Crippen LogP contribution in [-0.2, 0) is 17.8 Å². The predicted octanol–water partition coefficient (Wildman–Crippen LogP) is 6.01. The summed E-state index contributed by atoms with van der Waals surface area (Å²) in [6, 6.07) is 32.1. The molecule has 0 aromatic heterocycles. The van der Waals surface area contributed by atoms with E-state index in [1.807, 2.05) is 79.7 Å². The summed E-state index contributed by atoms with van der Waals surface area (Å²) in [5.74, 6) is 1.62. The maximum atomic E-state index is 13.8. The number of nitrogens with zero attached hydrogens (tertiary/aromatic N) is 2. The number of aliphatic hydroxyl groups is 1. The van der Waals surface area contributed by atoms with Crippen molar-refractivity contribution in [2.45, 2.75) is 39.0 Å². The summed E-state index contributed by atoms with van der Waals surface area (Å²) in [5.41, 5.74) is 2.92. The van der Waals surface area contributed by atoms with E-state index in [1.165, 1.54) is 0 Å². The minimum atomic E-state index is -0.378. The number of para-hydroxylation sites is 1. The average Bonchev–Trinajstić information content (AvgIpc) is 3.04. The number of benzene rings is 4. The van der Waals surface area contributed by atoms with Crippen LogP contribution < -0.4 is 14.8 Å². The molecule has 0 bridgehead atoms. The number of hydrogen-bond acceptors (Lipinski definition) is 6. The number of fused-ring (bicyclic) bond motifs is 1. The highest BCUT2D eigenvalue weighted by Crippen LogP contribution is 2.31. The van der Waals surface area contributed by atoms with Crippen molar-refractivity contribution in [2.24, 2.45) is 5.92 Å². The second-order valence-corrected chi connectivity index (χ2v) is 11.8. The summed E-state index contributed by atoms with van der Waals surface area (Å²) >= 11 is 0. The molecule has 1 aliphatic heterocycles. The van der Waals surface area contributed by atoms with Gasteiger partial charge in [-0.2, -0.15) is 0 Å². The quantitative estimate of drug-likeness (QED) is 0.217. The van der Waals surface area contributed by atoms with Crippen LogP contribution in [0.5, 0.6) is 17.2 Å². The number of ether oxygens (including phenoxy) is 2. The topological polar surface area (TPSA) is 91.3 Å². The first kappa shape index (κ1) is 31.8. The van der Waals surface area contributed by atoms with E-state index in [4.69, 9.17) is 9.47 Å². The molecule has 0 unspecified atom stereocenters. The van der Waals surface area contributed by atoms with Gasteiger partial charge in [-0.15, -0.1) is 0 Å². The molecule has 0 fully saturated rings. The molecule has 3 atom stereocenters. The van der Waals surface area contributed by atoms with Crippen LogP contribution in [0.15, 0.2) is 103 Å². The molecular formula is C37H41N3O5. The van der Waals surface area contributed by atoms with Crippen molar-refractivity contribution in [2.75, 3.05) is 32.1 Å². The molecule has 234 valence electrons. The van der Waals surface area contributed by atoms with Gasteiger partial charge in [0.05, 0.1) is 24.6 Å². The number of aliphatic hydroxyl groups excluding tert-OH is 1. The average molecular weight is 608 g/mol. The van der Waals surface area contributed by atoms with Crippen molar-refractivity contribution in [1.29, 1.82) is 0 Å². The molecule has 8 heteroatoms. The Morgan fingerprint density at radius 3 is 2.33 bits per heavy atom. The Bertz CT molecular complexity index is 1560. The molecule has 0 aliphatic carbocycles. The van der Waals surface area contributed by atoms with Crippen molar-refractivity contribution in [1.82, 2.24) is 9.80 Å². The molecule has 0 spiro atoms. The smallest absolute Gasteiger partial charge is 0.258 e. The Morgan fingerprint density at radius 2 is 1.64 bits per heavy atom. The first-order valence-corrected chi connectivity index (χ1v) is 15.4. The van der Waals surface area contributed by atoms with Crippen molar-refractivity contribution in [3.8, 4) is 17.2 Å². The third kappa shape index (κ3) is 8.50. The van der Waals surface area contributed by atoms with Crippen molar-refractivity contribution in [3.05, 3.63) is 120 Å². The van der Waals surface area contributed by atoms with Crippen LogP contribution >= 0.6 is 0 Å². The maximum Gasteiger partial charge on any atom is 0.258 e. The van der Waals surface area contributed by atoms with Gasteiger partial charge in [-0.05, 0) is 67.6 Å². The molecule has 45 heavy (non-hydrogen) atoms. The second-order valence-electron chi connectivity index (χ2n) is 11.8. The van der Waals surface area contributed by atoms with Crippen LogP contribution in [0.2, 0.25) is 0 Å². The first-order valence-electron chi connectivity index (χ1n) is 15.4. The summed E-state index contributed by atoms with van der Waals surface area (Å²) in [7, 11) is 2.05. The van der Waals surface area contributed by atoms with Gasteiger partial charge >= 0.3 is 0 Å². The number of carbonyl (C=O) groups is 2. The number of anilines is 1. The van der Waals surface area contributed by atoms with Crippen molar-refractivity contribution in [3.63, 3.8) is 0 Å². The summed E-state index contributed by atoms with van der Waals surface area (Å²) in [6.07, 6.45) is -0.000431. The van der Waals surface area contributed by atoms with E-state index in [0.29, 0.717) is 36.6 Å². The third-order valence-electron chi connectivity index (χ3n) is 8.00. The number of amides is 2. The Hall–Kier alpha value is -4.66. The number of likely N-dealkylation sites (N-methyl/N-ethyl adjacent to an activating group) is 1. The van der Waals surface area contributed by atoms with E-state index in [-0.39, 0.29) is 42.9 Å². The molecule has 0 saturated heterocycles. The lowest BCUT2D eigenvalue weighted by Gasteiger charge is -2.38. The van der Waals surface area contributed by atoms with Gasteiger partial charge in [-0.3, -0.25) is 14.5 Å². The van der Waals surface area contributed by atoms with Crippen LogP contribution in [0.3, 0.4) is 0 Å². The van der Waals surface area contributed by atoms with E-state index < -0.39 is 0 Å². The molecule has 1 heterocycles. The molecule has 2 amide bonds. The summed E-state index contributed by atoms with van der Waals surface area (Å²) < 4.78 is 12.5. The molecule has 8 nitrogen and oxygen atoms in total. The van der Waals surface area contributed by atoms with Gasteiger partial charge < -0.3 is 24.8 Å². The highest BCUT2D eigenvalue weighted by atomic mass is 16.5. The van der Waals surface area contributed by atoms with Gasteiger partial charge in [-0.25, -0.2) is 0 Å². The number of hydrogen-bond donors (Lipinski definition) is 2. The molecule has 2 N–H and O–H groups in total. The maximum absolute atomic E-state index is 13.8. The highest BCUT2D eigenvalue weighted by Gasteiger charge is 2.33. The number of rotatable bonds is 11. The van der Waals surface area contributed by atoms with E-state index in [0.717, 1.165) is 22.6 Å². The van der Waals surface area contributed by atoms with Gasteiger partial charge in [0.2, 0.25) is 5.91 Å². The second kappa shape index (κ2) is 14.9. The standard InChI is InChI=1S/C37H41N3O5/c1-26-22-40(27(2)25-41)37(43)33-21-30(38-36(42)20-28-10-6-4-7-11-28)16-19-34(33)45-35(26)24-39(3)23-29-14-17-32(18-15-29)44-31-12-8-5-9-13-31/h4-19,21,26-27,35,41H,20,22-25H2,1-3H3,(H,38,42)/t26-,27-,35+/m0/s1. The van der Waals surface area contributed by atoms with Gasteiger partial charge in [0.25, 0.3) is 5.91 Å². The fourth-order valence-corrected chi connectivity index (χ4v) is 5.48. The summed E-state index contributed by atoms with van der Waals surface area (Å²) in [5, 5.41) is 12.9. The Kier molecular flexibility index (Phi) is 10.5. The van der Waals surface area contributed by atoms with Gasteiger partial charge in [-0.1, -0.05) is 67.6 Å². The molecule has 5 rings (SSSR count). The predicted molar refractivity (Wildman–Crippen MR) is 176 cm³/mol. The molecule has 4 aromatic rings. The largest absolute Gasteiger partial charge is 0.488 e. The van der Waals surface area contributed by atoms with Crippen LogP contribution in [0, 0.1) is 5.92 Å². The van der Waals surface area contributed by atoms with E-state index in [1.54, 1.807) is 23.1 Å². The lowest BCUT2D eigenvalue weighted by molar-refractivity contribution is -0.115. The molecule has 1 aliphatic rings. The first-order chi connectivity index (χ1) is 21.8. The Labute approximate surface area is 265 Å². The van der Waals surface area contributed by atoms with Crippen LogP contribution in [0.25, 0.3) is 0 Å². The SMILES string of the molecule is C[C@H]1CN([C@@H](C)CO)C(=O)c2cc(NC(=O)Cc3ccccc3)ccc2O[C@@H]1CN(C)Cc1ccc(Oc2ccccc2)cc1. The molecule has 0 radical (unpaired) electrons. The zero-order valence-corrected chi connectivity index (χ0v) is 26.1. The minimum absolute atomic E-state index is 0.00884. The van der Waals surface area contributed by atoms with Crippen LogP contribution in [-0.4, -0.2) is 65.6 Å². The van der Waals surface area contributed by atoms with Gasteiger partial charge in [0.15, 0.2) is 0 Å². The summed E-state index contributed by atoms with van der Waals surface area (Å²) in [6.45, 7) is 5.50.